The molecule has 0 fully saturated rings. The maximum absolute atomic E-state index is 6.11. The minimum Gasteiger partial charge on any atom is -0.381 e. The molecule has 2 aromatic carbocycles. The van der Waals surface area contributed by atoms with E-state index in [0.29, 0.717) is 0 Å². The van der Waals surface area contributed by atoms with E-state index in [1.54, 1.807) is 0 Å². The monoisotopic (exact) mass is 309 g/mol. The lowest BCUT2D eigenvalue weighted by Gasteiger charge is -2.11. The molecule has 0 aromatic heterocycles. The highest BCUT2D eigenvalue weighted by Gasteiger charge is 2.01. The van der Waals surface area contributed by atoms with Crippen molar-refractivity contribution < 1.29 is 0 Å². The van der Waals surface area contributed by atoms with Gasteiger partial charge in [0.05, 0.1) is 0 Å². The smallest absolute Gasteiger partial charge is 0.0455 e. The van der Waals surface area contributed by atoms with E-state index in [9.17, 15) is 0 Å². The molecule has 0 heterocycles. The van der Waals surface area contributed by atoms with Crippen molar-refractivity contribution >= 4 is 33.2 Å². The van der Waals surface area contributed by atoms with Crippen LogP contribution in [0.3, 0.4) is 0 Å². The predicted octanol–water partition coefficient (Wildman–Crippen LogP) is 5.02. The SMILES string of the molecule is Cc1ccc(Br)cc1NCc1ccccc1Cl. The minimum absolute atomic E-state index is 0.733. The zero-order chi connectivity index (χ0) is 12.3. The fourth-order valence-corrected chi connectivity index (χ4v) is 2.18. The average Bonchev–Trinajstić information content (AvgIpc) is 2.32. The Bertz CT molecular complexity index is 525. The Hall–Kier alpha value is -0.990. The first-order chi connectivity index (χ1) is 8.16. The summed E-state index contributed by atoms with van der Waals surface area (Å²) in [5.41, 5.74) is 3.45. The Labute approximate surface area is 115 Å². The van der Waals surface area contributed by atoms with Gasteiger partial charge in [-0.05, 0) is 36.2 Å². The lowest BCUT2D eigenvalue weighted by Crippen LogP contribution is -2.01. The van der Waals surface area contributed by atoms with Gasteiger partial charge in [-0.1, -0.05) is 51.8 Å². The van der Waals surface area contributed by atoms with E-state index in [2.05, 4.69) is 40.3 Å². The molecule has 0 bridgehead atoms. The van der Waals surface area contributed by atoms with Crippen LogP contribution in [-0.2, 0) is 6.54 Å². The Morgan fingerprint density at radius 1 is 1.18 bits per heavy atom. The van der Waals surface area contributed by atoms with Crippen molar-refractivity contribution in [1.82, 2.24) is 0 Å². The second kappa shape index (κ2) is 5.56. The summed E-state index contributed by atoms with van der Waals surface area (Å²) < 4.78 is 1.07. The number of halogens is 2. The number of aryl methyl sites for hydroxylation is 1. The molecule has 0 saturated heterocycles. The van der Waals surface area contributed by atoms with Crippen LogP contribution < -0.4 is 5.32 Å². The first-order valence-electron chi connectivity index (χ1n) is 5.40. The first-order valence-corrected chi connectivity index (χ1v) is 6.57. The number of anilines is 1. The van der Waals surface area contributed by atoms with Gasteiger partial charge in [0.1, 0.15) is 0 Å². The van der Waals surface area contributed by atoms with E-state index in [-0.39, 0.29) is 0 Å². The minimum atomic E-state index is 0.733. The molecular formula is C14H13BrClN. The van der Waals surface area contributed by atoms with Crippen LogP contribution in [0, 0.1) is 6.92 Å². The van der Waals surface area contributed by atoms with Gasteiger partial charge in [0.2, 0.25) is 0 Å². The van der Waals surface area contributed by atoms with Crippen molar-refractivity contribution in [2.24, 2.45) is 0 Å². The molecule has 88 valence electrons. The summed E-state index contributed by atoms with van der Waals surface area (Å²) in [6.07, 6.45) is 0. The van der Waals surface area contributed by atoms with Crippen LogP contribution in [0.15, 0.2) is 46.9 Å². The molecule has 1 N–H and O–H groups in total. The third-order valence-corrected chi connectivity index (χ3v) is 3.49. The van der Waals surface area contributed by atoms with Crippen LogP contribution in [0.5, 0.6) is 0 Å². The summed E-state index contributed by atoms with van der Waals surface area (Å²) in [6, 6.07) is 14.1. The zero-order valence-electron chi connectivity index (χ0n) is 9.50. The topological polar surface area (TPSA) is 12.0 Å². The standard InChI is InChI=1S/C14H13BrClN/c1-10-6-7-12(15)8-14(10)17-9-11-4-2-3-5-13(11)16/h2-8,17H,9H2,1H3. The molecule has 0 aliphatic heterocycles. The molecule has 2 rings (SSSR count). The van der Waals surface area contributed by atoms with E-state index < -0.39 is 0 Å². The lowest BCUT2D eigenvalue weighted by atomic mass is 10.2. The van der Waals surface area contributed by atoms with Crippen molar-refractivity contribution in [1.29, 1.82) is 0 Å². The molecule has 0 unspecified atom stereocenters. The van der Waals surface area contributed by atoms with Gasteiger partial charge >= 0.3 is 0 Å². The molecule has 0 radical (unpaired) electrons. The number of hydrogen-bond donors (Lipinski definition) is 1. The van der Waals surface area contributed by atoms with Gasteiger partial charge in [0.25, 0.3) is 0 Å². The maximum atomic E-state index is 6.11. The average molecular weight is 311 g/mol. The summed E-state index contributed by atoms with van der Waals surface area (Å²) in [5.74, 6) is 0. The summed E-state index contributed by atoms with van der Waals surface area (Å²) in [7, 11) is 0. The summed E-state index contributed by atoms with van der Waals surface area (Å²) in [5, 5.41) is 4.20. The molecule has 0 aliphatic rings. The third kappa shape index (κ3) is 3.24. The van der Waals surface area contributed by atoms with Gasteiger partial charge < -0.3 is 5.32 Å². The van der Waals surface area contributed by atoms with E-state index in [1.165, 1.54) is 5.56 Å². The molecular weight excluding hydrogens is 298 g/mol. The number of benzene rings is 2. The van der Waals surface area contributed by atoms with Gasteiger partial charge in [0.15, 0.2) is 0 Å². The van der Waals surface area contributed by atoms with Crippen LogP contribution in [-0.4, -0.2) is 0 Å². The van der Waals surface area contributed by atoms with Gasteiger partial charge in [0, 0.05) is 21.7 Å². The highest BCUT2D eigenvalue weighted by molar-refractivity contribution is 9.10. The summed E-state index contributed by atoms with van der Waals surface area (Å²) >= 11 is 9.58. The van der Waals surface area contributed by atoms with Crippen molar-refractivity contribution in [3.63, 3.8) is 0 Å². The Morgan fingerprint density at radius 2 is 1.94 bits per heavy atom. The Balaban J connectivity index is 2.12. The molecule has 0 spiro atoms. The molecule has 0 amide bonds. The van der Waals surface area contributed by atoms with E-state index in [4.69, 9.17) is 11.6 Å². The fraction of sp³-hybridized carbons (Fsp3) is 0.143. The largest absolute Gasteiger partial charge is 0.381 e. The van der Waals surface area contributed by atoms with E-state index in [1.807, 2.05) is 30.3 Å². The quantitative estimate of drug-likeness (QED) is 0.839. The van der Waals surface area contributed by atoms with E-state index in [0.717, 1.165) is 27.3 Å². The molecule has 0 aliphatic carbocycles. The van der Waals surface area contributed by atoms with Gasteiger partial charge in [-0.3, -0.25) is 0 Å². The lowest BCUT2D eigenvalue weighted by molar-refractivity contribution is 1.14. The third-order valence-electron chi connectivity index (χ3n) is 2.63. The van der Waals surface area contributed by atoms with E-state index >= 15 is 0 Å². The van der Waals surface area contributed by atoms with Gasteiger partial charge in [-0.25, -0.2) is 0 Å². The first kappa shape index (κ1) is 12.5. The fourth-order valence-electron chi connectivity index (χ4n) is 1.62. The highest BCUT2D eigenvalue weighted by Crippen LogP contribution is 2.22. The molecule has 1 nitrogen and oxygen atoms in total. The number of hydrogen-bond acceptors (Lipinski definition) is 1. The van der Waals surface area contributed by atoms with Crippen molar-refractivity contribution in [3.8, 4) is 0 Å². The normalized spacial score (nSPS) is 10.3. The molecule has 0 saturated carbocycles. The molecule has 17 heavy (non-hydrogen) atoms. The van der Waals surface area contributed by atoms with Gasteiger partial charge in [-0.15, -0.1) is 0 Å². The second-order valence-electron chi connectivity index (χ2n) is 3.90. The Morgan fingerprint density at radius 3 is 2.71 bits per heavy atom. The van der Waals surface area contributed by atoms with Crippen molar-refractivity contribution in [2.45, 2.75) is 13.5 Å². The van der Waals surface area contributed by atoms with Crippen LogP contribution in [0.25, 0.3) is 0 Å². The molecule has 0 atom stereocenters. The number of rotatable bonds is 3. The van der Waals surface area contributed by atoms with Gasteiger partial charge in [-0.2, -0.15) is 0 Å². The second-order valence-corrected chi connectivity index (χ2v) is 5.23. The zero-order valence-corrected chi connectivity index (χ0v) is 11.8. The Kier molecular flexibility index (Phi) is 4.08. The summed E-state index contributed by atoms with van der Waals surface area (Å²) in [6.45, 7) is 2.82. The summed E-state index contributed by atoms with van der Waals surface area (Å²) in [4.78, 5) is 0. The van der Waals surface area contributed by atoms with Crippen LogP contribution in [0.1, 0.15) is 11.1 Å². The van der Waals surface area contributed by atoms with Crippen LogP contribution >= 0.6 is 27.5 Å². The maximum Gasteiger partial charge on any atom is 0.0455 e. The van der Waals surface area contributed by atoms with Crippen LogP contribution in [0.2, 0.25) is 5.02 Å². The van der Waals surface area contributed by atoms with Crippen molar-refractivity contribution in [2.75, 3.05) is 5.32 Å². The van der Waals surface area contributed by atoms with Crippen LogP contribution in [0.4, 0.5) is 5.69 Å². The molecule has 2 aromatic rings. The van der Waals surface area contributed by atoms with Crippen molar-refractivity contribution in [3.05, 3.63) is 63.1 Å². The number of nitrogens with one attached hydrogen (secondary N) is 1. The highest BCUT2D eigenvalue weighted by atomic mass is 79.9. The predicted molar refractivity (Wildman–Crippen MR) is 77.7 cm³/mol. The molecule has 3 heteroatoms.